The first-order valence-electron chi connectivity index (χ1n) is 5.84. The highest BCUT2D eigenvalue weighted by atomic mass is 32.1. The number of nitrogen functional groups attached to an aromatic ring is 1. The molecule has 1 atom stereocenters. The third-order valence-corrected chi connectivity index (χ3v) is 3.50. The lowest BCUT2D eigenvalue weighted by Gasteiger charge is -2.08. The van der Waals surface area contributed by atoms with E-state index in [9.17, 15) is 9.59 Å². The normalized spacial score (nSPS) is 11.8. The molecule has 1 amide bonds. The number of hydrogen-bond donors (Lipinski definition) is 3. The Balaban J connectivity index is 2.33. The average molecular weight is 291 g/mol. The number of nitrogens with two attached hydrogens (primary N) is 1. The summed E-state index contributed by atoms with van der Waals surface area (Å²) in [6.45, 7) is 1.40. The van der Waals surface area contributed by atoms with Gasteiger partial charge in [0.1, 0.15) is 10.9 Å². The fourth-order valence-corrected chi connectivity index (χ4v) is 2.36. The van der Waals surface area contributed by atoms with Gasteiger partial charge in [-0.1, -0.05) is 41.7 Å². The maximum absolute atomic E-state index is 12.1. The minimum absolute atomic E-state index is 0.261. The molecule has 0 saturated carbocycles. The number of aliphatic carboxylic acids is 1. The van der Waals surface area contributed by atoms with Crippen molar-refractivity contribution in [2.45, 2.75) is 13.0 Å². The Morgan fingerprint density at radius 1 is 1.35 bits per heavy atom. The molecule has 20 heavy (non-hydrogen) atoms. The van der Waals surface area contributed by atoms with Crippen LogP contribution in [0.2, 0.25) is 0 Å². The maximum Gasteiger partial charge on any atom is 0.325 e. The summed E-state index contributed by atoms with van der Waals surface area (Å²) in [6, 6.07) is 8.15. The molecule has 2 aromatic rings. The van der Waals surface area contributed by atoms with Gasteiger partial charge in [-0.2, -0.15) is 0 Å². The van der Waals surface area contributed by atoms with Crippen molar-refractivity contribution >= 4 is 28.3 Å². The summed E-state index contributed by atoms with van der Waals surface area (Å²) in [5, 5.41) is 11.5. The molecule has 0 aliphatic heterocycles. The van der Waals surface area contributed by atoms with Crippen LogP contribution in [-0.4, -0.2) is 28.0 Å². The van der Waals surface area contributed by atoms with Crippen molar-refractivity contribution in [2.75, 3.05) is 5.73 Å². The summed E-state index contributed by atoms with van der Waals surface area (Å²) in [4.78, 5) is 27.3. The molecule has 1 aromatic heterocycles. The molecule has 1 heterocycles. The van der Waals surface area contributed by atoms with Crippen LogP contribution in [0.1, 0.15) is 16.6 Å². The lowest BCUT2D eigenvalue weighted by Crippen LogP contribution is -2.38. The van der Waals surface area contributed by atoms with E-state index >= 15 is 0 Å². The zero-order chi connectivity index (χ0) is 14.7. The van der Waals surface area contributed by atoms with Crippen LogP contribution in [0.5, 0.6) is 0 Å². The Bertz CT molecular complexity index is 640. The van der Waals surface area contributed by atoms with Crippen molar-refractivity contribution in [3.05, 3.63) is 35.2 Å². The zero-order valence-electron chi connectivity index (χ0n) is 10.7. The van der Waals surface area contributed by atoms with Gasteiger partial charge >= 0.3 is 5.97 Å². The summed E-state index contributed by atoms with van der Waals surface area (Å²) >= 11 is 1.03. The molecule has 7 heteroatoms. The van der Waals surface area contributed by atoms with Crippen LogP contribution in [0.3, 0.4) is 0 Å². The number of nitrogens with zero attached hydrogens (tertiary/aromatic N) is 1. The van der Waals surface area contributed by atoms with Crippen molar-refractivity contribution in [1.82, 2.24) is 10.3 Å². The van der Waals surface area contributed by atoms with E-state index in [4.69, 9.17) is 10.8 Å². The number of carbonyl (C=O) groups is 2. The van der Waals surface area contributed by atoms with Gasteiger partial charge in [0.15, 0.2) is 5.13 Å². The molecule has 0 radical (unpaired) electrons. The Labute approximate surface area is 119 Å². The number of hydrogen-bond acceptors (Lipinski definition) is 5. The van der Waals surface area contributed by atoms with Crippen LogP contribution in [0.15, 0.2) is 30.3 Å². The molecular formula is C13H13N3O3S. The van der Waals surface area contributed by atoms with Gasteiger partial charge in [-0.05, 0) is 6.92 Å². The summed E-state index contributed by atoms with van der Waals surface area (Å²) < 4.78 is 0. The minimum atomic E-state index is -1.10. The Morgan fingerprint density at radius 2 is 2.00 bits per heavy atom. The summed E-state index contributed by atoms with van der Waals surface area (Å²) in [7, 11) is 0. The predicted molar refractivity (Wildman–Crippen MR) is 76.5 cm³/mol. The second kappa shape index (κ2) is 5.70. The fraction of sp³-hybridized carbons (Fsp3) is 0.154. The van der Waals surface area contributed by atoms with Crippen molar-refractivity contribution in [2.24, 2.45) is 0 Å². The van der Waals surface area contributed by atoms with Gasteiger partial charge in [0.25, 0.3) is 5.91 Å². The van der Waals surface area contributed by atoms with Crippen LogP contribution in [0.25, 0.3) is 11.3 Å². The lowest BCUT2D eigenvalue weighted by atomic mass is 10.1. The smallest absolute Gasteiger partial charge is 0.325 e. The third-order valence-electron chi connectivity index (χ3n) is 2.62. The Kier molecular flexibility index (Phi) is 3.99. The number of carboxylic acids is 1. The van der Waals surface area contributed by atoms with Crippen LogP contribution in [0.4, 0.5) is 5.13 Å². The second-order valence-electron chi connectivity index (χ2n) is 4.13. The summed E-state index contributed by atoms with van der Waals surface area (Å²) in [5.74, 6) is -1.59. The van der Waals surface area contributed by atoms with Gasteiger partial charge in [-0.3, -0.25) is 9.59 Å². The van der Waals surface area contributed by atoms with Crippen LogP contribution in [0, 0.1) is 0 Å². The molecule has 1 aromatic carbocycles. The highest BCUT2D eigenvalue weighted by Crippen LogP contribution is 2.29. The van der Waals surface area contributed by atoms with Crippen molar-refractivity contribution in [3.63, 3.8) is 0 Å². The number of amides is 1. The number of anilines is 1. The maximum atomic E-state index is 12.1. The molecule has 2 rings (SSSR count). The van der Waals surface area contributed by atoms with Crippen LogP contribution >= 0.6 is 11.3 Å². The van der Waals surface area contributed by atoms with E-state index in [0.717, 1.165) is 16.9 Å². The minimum Gasteiger partial charge on any atom is -0.480 e. The molecular weight excluding hydrogens is 278 g/mol. The number of carboxylic acid groups (broad SMARTS) is 1. The number of rotatable bonds is 4. The van der Waals surface area contributed by atoms with E-state index in [2.05, 4.69) is 10.3 Å². The molecule has 4 N–H and O–H groups in total. The monoisotopic (exact) mass is 291 g/mol. The number of benzene rings is 1. The largest absolute Gasteiger partial charge is 0.480 e. The van der Waals surface area contributed by atoms with E-state index < -0.39 is 17.9 Å². The van der Waals surface area contributed by atoms with Gasteiger partial charge in [-0.15, -0.1) is 0 Å². The first-order valence-corrected chi connectivity index (χ1v) is 6.66. The first kappa shape index (κ1) is 14.0. The Hall–Kier alpha value is -2.41. The quantitative estimate of drug-likeness (QED) is 0.793. The van der Waals surface area contributed by atoms with E-state index in [0.29, 0.717) is 10.6 Å². The van der Waals surface area contributed by atoms with Gasteiger partial charge in [0.05, 0.1) is 5.69 Å². The second-order valence-corrected chi connectivity index (χ2v) is 5.16. The molecule has 0 spiro atoms. The molecule has 0 fully saturated rings. The topological polar surface area (TPSA) is 105 Å². The molecule has 6 nitrogen and oxygen atoms in total. The molecule has 0 aliphatic carbocycles. The van der Waals surface area contributed by atoms with Crippen LogP contribution in [-0.2, 0) is 4.79 Å². The third kappa shape index (κ3) is 2.94. The lowest BCUT2D eigenvalue weighted by molar-refractivity contribution is -0.138. The van der Waals surface area contributed by atoms with E-state index in [-0.39, 0.29) is 5.13 Å². The number of carbonyl (C=O) groups excluding carboxylic acids is 1. The molecule has 0 bridgehead atoms. The van der Waals surface area contributed by atoms with Gasteiger partial charge in [-0.25, -0.2) is 4.98 Å². The van der Waals surface area contributed by atoms with Crippen LogP contribution < -0.4 is 11.1 Å². The highest BCUT2D eigenvalue weighted by molar-refractivity contribution is 7.17. The van der Waals surface area contributed by atoms with Gasteiger partial charge in [0.2, 0.25) is 0 Å². The summed E-state index contributed by atoms with van der Waals surface area (Å²) in [5.41, 5.74) is 6.88. The molecule has 0 aliphatic rings. The van der Waals surface area contributed by atoms with Gasteiger partial charge < -0.3 is 16.2 Å². The molecule has 1 unspecified atom stereocenters. The van der Waals surface area contributed by atoms with E-state index in [1.54, 1.807) is 0 Å². The highest BCUT2D eigenvalue weighted by Gasteiger charge is 2.22. The Morgan fingerprint density at radius 3 is 2.60 bits per heavy atom. The number of nitrogens with one attached hydrogen (secondary N) is 1. The van der Waals surface area contributed by atoms with E-state index in [1.165, 1.54) is 6.92 Å². The first-order chi connectivity index (χ1) is 9.49. The molecule has 104 valence electrons. The summed E-state index contributed by atoms with van der Waals surface area (Å²) in [6.07, 6.45) is 0. The SMILES string of the molecule is CC(NC(=O)c1sc(N)nc1-c1ccccc1)C(=O)O. The average Bonchev–Trinajstić information content (AvgIpc) is 2.81. The standard InChI is InChI=1S/C13H13N3O3S/c1-7(12(18)19)15-11(17)10-9(16-13(14)20-10)8-5-3-2-4-6-8/h2-7H,1H3,(H2,14,16)(H,15,17)(H,18,19). The van der Waals surface area contributed by atoms with Crippen molar-refractivity contribution < 1.29 is 14.7 Å². The van der Waals surface area contributed by atoms with Gasteiger partial charge in [0, 0.05) is 5.56 Å². The van der Waals surface area contributed by atoms with Crippen molar-refractivity contribution in [3.8, 4) is 11.3 Å². The predicted octanol–water partition coefficient (Wildman–Crippen LogP) is 1.60. The van der Waals surface area contributed by atoms with Crippen molar-refractivity contribution in [1.29, 1.82) is 0 Å². The molecule has 0 saturated heterocycles. The number of thiazole rings is 1. The number of aromatic nitrogens is 1. The fourth-order valence-electron chi connectivity index (χ4n) is 1.61. The zero-order valence-corrected chi connectivity index (χ0v) is 11.5. The van der Waals surface area contributed by atoms with E-state index in [1.807, 2.05) is 30.3 Å².